The van der Waals surface area contributed by atoms with E-state index < -0.39 is 5.97 Å². The van der Waals surface area contributed by atoms with Crippen LogP contribution >= 0.6 is 23.2 Å². The van der Waals surface area contributed by atoms with Crippen LogP contribution in [0.5, 0.6) is 0 Å². The maximum absolute atomic E-state index is 12.3. The second kappa shape index (κ2) is 11.6. The highest BCUT2D eigenvalue weighted by Gasteiger charge is 2.23. The van der Waals surface area contributed by atoms with Crippen LogP contribution in [-0.4, -0.2) is 17.0 Å². The molecule has 1 saturated carbocycles. The fourth-order valence-electron chi connectivity index (χ4n) is 4.63. The second-order valence-electron chi connectivity index (χ2n) is 9.00. The molecule has 6 heteroatoms. The van der Waals surface area contributed by atoms with Gasteiger partial charge in [0.25, 0.3) is 0 Å². The van der Waals surface area contributed by atoms with Gasteiger partial charge in [0.2, 0.25) is 5.91 Å². The molecule has 0 heterocycles. The van der Waals surface area contributed by atoms with Gasteiger partial charge in [0.15, 0.2) is 0 Å². The van der Waals surface area contributed by atoms with Crippen molar-refractivity contribution in [3.63, 3.8) is 0 Å². The largest absolute Gasteiger partial charge is 0.481 e. The van der Waals surface area contributed by atoms with Crippen LogP contribution in [0.2, 0.25) is 10.0 Å². The van der Waals surface area contributed by atoms with Gasteiger partial charge in [-0.2, -0.15) is 0 Å². The van der Waals surface area contributed by atoms with Gasteiger partial charge in [0, 0.05) is 28.2 Å². The molecule has 1 fully saturated rings. The minimum Gasteiger partial charge on any atom is -0.481 e. The van der Waals surface area contributed by atoms with Crippen LogP contribution in [0.25, 0.3) is 17.2 Å². The highest BCUT2D eigenvalue weighted by Crippen LogP contribution is 2.37. The molecule has 1 aliphatic rings. The Bertz CT molecular complexity index is 1210. The SMILES string of the molecule is O=C(O)CC1CCC(c2ccc(-c3ccc(NC(=O)/C=C/c4ccc(Cl)cc4Cl)cc3)cc2)CC1. The summed E-state index contributed by atoms with van der Waals surface area (Å²) in [7, 11) is 0. The number of amides is 1. The molecule has 1 aliphatic carbocycles. The summed E-state index contributed by atoms with van der Waals surface area (Å²) in [4.78, 5) is 23.2. The number of anilines is 1. The molecule has 0 spiro atoms. The van der Waals surface area contributed by atoms with Gasteiger partial charge in [0.05, 0.1) is 0 Å². The number of nitrogens with one attached hydrogen (secondary N) is 1. The molecule has 0 aromatic heterocycles. The lowest BCUT2D eigenvalue weighted by Crippen LogP contribution is -2.16. The van der Waals surface area contributed by atoms with Crippen molar-refractivity contribution in [1.82, 2.24) is 0 Å². The van der Waals surface area contributed by atoms with Crippen molar-refractivity contribution in [2.75, 3.05) is 5.32 Å². The summed E-state index contributed by atoms with van der Waals surface area (Å²) in [6, 6.07) is 21.5. The van der Waals surface area contributed by atoms with Crippen molar-refractivity contribution < 1.29 is 14.7 Å². The van der Waals surface area contributed by atoms with Crippen LogP contribution in [0.4, 0.5) is 5.69 Å². The van der Waals surface area contributed by atoms with E-state index in [0.29, 0.717) is 27.6 Å². The highest BCUT2D eigenvalue weighted by atomic mass is 35.5. The van der Waals surface area contributed by atoms with Gasteiger partial charge in [-0.1, -0.05) is 65.7 Å². The Balaban J connectivity index is 1.32. The monoisotopic (exact) mass is 507 g/mol. The first kappa shape index (κ1) is 25.0. The summed E-state index contributed by atoms with van der Waals surface area (Å²) in [6.07, 6.45) is 7.44. The van der Waals surface area contributed by atoms with Crippen molar-refractivity contribution >= 4 is 46.8 Å². The van der Waals surface area contributed by atoms with Crippen molar-refractivity contribution in [2.24, 2.45) is 5.92 Å². The Kier molecular flexibility index (Phi) is 8.27. The van der Waals surface area contributed by atoms with Crippen LogP contribution in [-0.2, 0) is 9.59 Å². The van der Waals surface area contributed by atoms with Gasteiger partial charge in [-0.05, 0) is 90.1 Å². The molecule has 1 amide bonds. The number of benzene rings is 3. The van der Waals surface area contributed by atoms with Crippen LogP contribution in [0.1, 0.15) is 49.1 Å². The quantitative estimate of drug-likeness (QED) is 0.317. The molecular weight excluding hydrogens is 481 g/mol. The minimum atomic E-state index is -0.692. The predicted octanol–water partition coefficient (Wildman–Crippen LogP) is 8.06. The number of hydrogen-bond donors (Lipinski definition) is 2. The summed E-state index contributed by atoms with van der Waals surface area (Å²) in [6.45, 7) is 0. The molecule has 0 atom stereocenters. The maximum atomic E-state index is 12.3. The summed E-state index contributed by atoms with van der Waals surface area (Å²) in [5.74, 6) is -0.121. The van der Waals surface area contributed by atoms with E-state index in [-0.39, 0.29) is 12.3 Å². The Labute approximate surface area is 215 Å². The number of carboxylic acids is 1. The molecule has 2 N–H and O–H groups in total. The minimum absolute atomic E-state index is 0.244. The first-order chi connectivity index (χ1) is 16.9. The summed E-state index contributed by atoms with van der Waals surface area (Å²) >= 11 is 12.0. The van der Waals surface area contributed by atoms with Crippen molar-refractivity contribution in [3.8, 4) is 11.1 Å². The van der Waals surface area contributed by atoms with Gasteiger partial charge in [-0.3, -0.25) is 9.59 Å². The number of halogens is 2. The third-order valence-corrected chi connectivity index (χ3v) is 7.12. The van der Waals surface area contributed by atoms with E-state index in [4.69, 9.17) is 28.3 Å². The first-order valence-corrected chi connectivity index (χ1v) is 12.5. The molecule has 0 aliphatic heterocycles. The lowest BCUT2D eigenvalue weighted by Gasteiger charge is -2.28. The lowest BCUT2D eigenvalue weighted by atomic mass is 9.77. The summed E-state index contributed by atoms with van der Waals surface area (Å²) in [5, 5.41) is 12.9. The zero-order chi connectivity index (χ0) is 24.8. The van der Waals surface area contributed by atoms with E-state index in [1.54, 1.807) is 24.3 Å². The van der Waals surface area contributed by atoms with Crippen molar-refractivity contribution in [1.29, 1.82) is 0 Å². The Morgan fingerprint density at radius 2 is 1.51 bits per heavy atom. The van der Waals surface area contributed by atoms with Crippen LogP contribution in [0.3, 0.4) is 0 Å². The smallest absolute Gasteiger partial charge is 0.303 e. The molecule has 3 aromatic carbocycles. The lowest BCUT2D eigenvalue weighted by molar-refractivity contribution is -0.138. The van der Waals surface area contributed by atoms with Gasteiger partial charge in [0.1, 0.15) is 0 Å². The molecule has 0 bridgehead atoms. The van der Waals surface area contributed by atoms with Crippen LogP contribution in [0.15, 0.2) is 72.8 Å². The molecule has 180 valence electrons. The van der Waals surface area contributed by atoms with E-state index in [1.165, 1.54) is 11.6 Å². The fourth-order valence-corrected chi connectivity index (χ4v) is 5.10. The van der Waals surface area contributed by atoms with Crippen molar-refractivity contribution in [2.45, 2.75) is 38.0 Å². The molecule has 0 unspecified atom stereocenters. The van der Waals surface area contributed by atoms with E-state index in [9.17, 15) is 9.59 Å². The maximum Gasteiger partial charge on any atom is 0.303 e. The summed E-state index contributed by atoms with van der Waals surface area (Å²) in [5.41, 5.74) is 4.93. The molecule has 3 aromatic rings. The van der Waals surface area contributed by atoms with Crippen LogP contribution < -0.4 is 5.32 Å². The fraction of sp³-hybridized carbons (Fsp3) is 0.241. The normalized spacial score (nSPS) is 17.9. The highest BCUT2D eigenvalue weighted by molar-refractivity contribution is 6.35. The van der Waals surface area contributed by atoms with E-state index >= 15 is 0 Å². The topological polar surface area (TPSA) is 66.4 Å². The zero-order valence-electron chi connectivity index (χ0n) is 19.2. The number of aliphatic carboxylic acids is 1. The average molecular weight is 508 g/mol. The number of hydrogen-bond acceptors (Lipinski definition) is 2. The third kappa shape index (κ3) is 6.97. The number of carboxylic acid groups (broad SMARTS) is 1. The molecule has 0 radical (unpaired) electrons. The van der Waals surface area contributed by atoms with Gasteiger partial charge >= 0.3 is 5.97 Å². The standard InChI is InChI=1S/C29H27Cl2NO3/c30-25-13-9-24(27(31)18-25)12-16-28(33)32-26-14-10-23(11-15-26)22-7-5-21(6-8-22)20-3-1-19(2-4-20)17-29(34)35/h5-16,18-20H,1-4,17H2,(H,32,33)(H,34,35)/b16-12+. The average Bonchev–Trinajstić information content (AvgIpc) is 2.84. The Morgan fingerprint density at radius 1 is 0.886 bits per heavy atom. The molecule has 4 nitrogen and oxygen atoms in total. The summed E-state index contributed by atoms with van der Waals surface area (Å²) < 4.78 is 0. The Hall–Kier alpha value is -3.08. The molecular formula is C29H27Cl2NO3. The number of carbonyl (C=O) groups excluding carboxylic acids is 1. The second-order valence-corrected chi connectivity index (χ2v) is 9.85. The first-order valence-electron chi connectivity index (χ1n) is 11.7. The van der Waals surface area contributed by atoms with E-state index in [1.807, 2.05) is 24.3 Å². The number of rotatable bonds is 7. The van der Waals surface area contributed by atoms with Gasteiger partial charge in [-0.15, -0.1) is 0 Å². The number of carbonyl (C=O) groups is 2. The molecule has 0 saturated heterocycles. The Morgan fingerprint density at radius 3 is 2.11 bits per heavy atom. The zero-order valence-corrected chi connectivity index (χ0v) is 20.7. The van der Waals surface area contributed by atoms with Gasteiger partial charge in [-0.25, -0.2) is 0 Å². The van der Waals surface area contributed by atoms with E-state index in [2.05, 4.69) is 29.6 Å². The van der Waals surface area contributed by atoms with Crippen LogP contribution in [0, 0.1) is 5.92 Å². The molecule has 4 rings (SSSR count). The van der Waals surface area contributed by atoms with Crippen molar-refractivity contribution in [3.05, 3.63) is 94.0 Å². The van der Waals surface area contributed by atoms with Gasteiger partial charge < -0.3 is 10.4 Å². The predicted molar refractivity (Wildman–Crippen MR) is 143 cm³/mol. The van der Waals surface area contributed by atoms with E-state index in [0.717, 1.165) is 42.4 Å². The molecule has 35 heavy (non-hydrogen) atoms. The third-order valence-electron chi connectivity index (χ3n) is 6.55.